The van der Waals surface area contributed by atoms with Crippen LogP contribution in [-0.4, -0.2) is 77.6 Å². The molecule has 10 nitrogen and oxygen atoms in total. The van der Waals surface area contributed by atoms with Crippen LogP contribution in [-0.2, 0) is 29.0 Å². The summed E-state index contributed by atoms with van der Waals surface area (Å²) in [5, 5.41) is 2.74. The van der Waals surface area contributed by atoms with Crippen LogP contribution in [0.3, 0.4) is 0 Å². The second-order valence-electron chi connectivity index (χ2n) is 7.21. The van der Waals surface area contributed by atoms with Crippen molar-refractivity contribution >= 4 is 27.9 Å². The van der Waals surface area contributed by atoms with Crippen molar-refractivity contribution in [2.24, 2.45) is 5.92 Å². The van der Waals surface area contributed by atoms with E-state index in [1.54, 1.807) is 6.92 Å². The molecule has 2 atom stereocenters. The number of methoxy groups -OCH3 is 3. The molecule has 1 fully saturated rings. The average molecular weight is 457 g/mol. The number of carbonyl (C=O) groups is 3. The molecule has 0 radical (unpaired) electrons. The van der Waals surface area contributed by atoms with E-state index >= 15 is 0 Å². The first-order valence-electron chi connectivity index (χ1n) is 9.75. The number of esters is 2. The summed E-state index contributed by atoms with van der Waals surface area (Å²) in [7, 11) is -0.289. The van der Waals surface area contributed by atoms with E-state index in [0.29, 0.717) is 26.0 Å². The molecule has 0 unspecified atom stereocenters. The Kier molecular flexibility index (Phi) is 8.54. The van der Waals surface area contributed by atoms with Crippen LogP contribution in [0.2, 0.25) is 0 Å². The number of hydrogen-bond acceptors (Lipinski definition) is 8. The molecule has 1 aliphatic heterocycles. The van der Waals surface area contributed by atoms with Crippen LogP contribution in [0.5, 0.6) is 0 Å². The van der Waals surface area contributed by atoms with Gasteiger partial charge in [-0.3, -0.25) is 4.79 Å². The first kappa shape index (κ1) is 24.8. The molecule has 1 amide bonds. The molecule has 0 aromatic heterocycles. The minimum absolute atomic E-state index is 0.0156. The highest BCUT2D eigenvalue weighted by Gasteiger charge is 2.38. The maximum absolute atomic E-state index is 13.4. The smallest absolute Gasteiger partial charge is 0.337 e. The summed E-state index contributed by atoms with van der Waals surface area (Å²) >= 11 is 0. The zero-order chi connectivity index (χ0) is 23.2. The highest BCUT2D eigenvalue weighted by atomic mass is 32.2. The molecule has 172 valence electrons. The monoisotopic (exact) mass is 456 g/mol. The maximum atomic E-state index is 13.4. The minimum atomic E-state index is -4.12. The molecule has 11 heteroatoms. The zero-order valence-electron chi connectivity index (χ0n) is 18.0. The fraction of sp³-hybridized carbons (Fsp3) is 0.550. The molecule has 0 aliphatic carbocycles. The Balaban J connectivity index is 2.38. The highest BCUT2D eigenvalue weighted by Crippen LogP contribution is 2.29. The summed E-state index contributed by atoms with van der Waals surface area (Å²) in [4.78, 5) is 36.2. The Morgan fingerprint density at radius 2 is 1.61 bits per heavy atom. The molecule has 2 rings (SSSR count). The third-order valence-electron chi connectivity index (χ3n) is 5.16. The number of nitrogens with one attached hydrogen (secondary N) is 1. The van der Waals surface area contributed by atoms with Gasteiger partial charge in [-0.2, -0.15) is 4.31 Å². The molecule has 1 N–H and O–H groups in total. The van der Waals surface area contributed by atoms with Crippen molar-refractivity contribution in [3.8, 4) is 0 Å². The lowest BCUT2D eigenvalue weighted by atomic mass is 9.95. The number of rotatable bonds is 8. The molecule has 1 heterocycles. The molecular formula is C20H28N2O8S. The molecule has 1 aromatic rings. The number of nitrogens with zero attached hydrogens (tertiary/aromatic N) is 1. The second kappa shape index (κ2) is 10.7. The van der Waals surface area contributed by atoms with Crippen molar-refractivity contribution in [1.29, 1.82) is 0 Å². The van der Waals surface area contributed by atoms with Gasteiger partial charge in [0.1, 0.15) is 0 Å². The van der Waals surface area contributed by atoms with E-state index in [9.17, 15) is 22.8 Å². The number of carbonyl (C=O) groups excluding carboxylic acids is 3. The molecule has 1 saturated heterocycles. The lowest BCUT2D eigenvalue weighted by Crippen LogP contribution is -2.49. The average Bonchev–Trinajstić information content (AvgIpc) is 2.77. The quantitative estimate of drug-likeness (QED) is 0.450. The van der Waals surface area contributed by atoms with Gasteiger partial charge in [-0.05, 0) is 38.0 Å². The third kappa shape index (κ3) is 5.81. The van der Waals surface area contributed by atoms with Gasteiger partial charge in [0, 0.05) is 26.2 Å². The maximum Gasteiger partial charge on any atom is 0.337 e. The van der Waals surface area contributed by atoms with E-state index in [2.05, 4.69) is 14.8 Å². The van der Waals surface area contributed by atoms with Gasteiger partial charge in [0.05, 0.1) is 42.8 Å². The van der Waals surface area contributed by atoms with Gasteiger partial charge < -0.3 is 19.5 Å². The summed E-state index contributed by atoms with van der Waals surface area (Å²) in [5.41, 5.74) is -0.190. The summed E-state index contributed by atoms with van der Waals surface area (Å²) in [6.45, 7) is 2.42. The van der Waals surface area contributed by atoms with Crippen molar-refractivity contribution in [1.82, 2.24) is 9.62 Å². The topological polar surface area (TPSA) is 128 Å². The van der Waals surface area contributed by atoms with Crippen LogP contribution < -0.4 is 5.32 Å². The van der Waals surface area contributed by atoms with Crippen LogP contribution in [0.25, 0.3) is 0 Å². The Bertz CT molecular complexity index is 897. The van der Waals surface area contributed by atoms with Crippen LogP contribution >= 0.6 is 0 Å². The van der Waals surface area contributed by atoms with E-state index in [0.717, 1.165) is 26.4 Å². The SMILES string of the molecule is COCCNC(=O)[C@H]1CC[C@H](C)N(S(=O)(=O)c2cc(C(=O)OC)cc(C(=O)OC)c2)C1. The number of hydrogen-bond donors (Lipinski definition) is 1. The summed E-state index contributed by atoms with van der Waals surface area (Å²) < 4.78 is 42.3. The van der Waals surface area contributed by atoms with Gasteiger partial charge in [0.15, 0.2) is 0 Å². The standard InChI is InChI=1S/C20H28N2O8S/c1-13-5-6-14(18(23)21-7-8-28-2)12-22(13)31(26,27)17-10-15(19(24)29-3)9-16(11-17)20(25)30-4/h9-11,13-14H,5-8,12H2,1-4H3,(H,21,23)/t13-,14-/m0/s1. The summed E-state index contributed by atoms with van der Waals surface area (Å²) in [5.74, 6) is -2.34. The fourth-order valence-corrected chi connectivity index (χ4v) is 5.18. The van der Waals surface area contributed by atoms with Crippen molar-refractivity contribution in [2.45, 2.75) is 30.7 Å². The molecule has 0 spiro atoms. The predicted molar refractivity (Wildman–Crippen MR) is 110 cm³/mol. The predicted octanol–water partition coefficient (Wildman–Crippen LogP) is 0.812. The molecular weight excluding hydrogens is 428 g/mol. The third-order valence-corrected chi connectivity index (χ3v) is 7.11. The van der Waals surface area contributed by atoms with Gasteiger partial charge in [-0.1, -0.05) is 0 Å². The normalized spacial score (nSPS) is 19.5. The Hall–Kier alpha value is -2.50. The molecule has 0 bridgehead atoms. The zero-order valence-corrected chi connectivity index (χ0v) is 18.9. The van der Waals surface area contributed by atoms with E-state index in [1.165, 1.54) is 17.5 Å². The number of sulfonamides is 1. The number of piperidine rings is 1. The largest absolute Gasteiger partial charge is 0.465 e. The minimum Gasteiger partial charge on any atom is -0.465 e. The summed E-state index contributed by atoms with van der Waals surface area (Å²) in [6.07, 6.45) is 1.03. The first-order chi connectivity index (χ1) is 14.6. The Morgan fingerprint density at radius 1 is 1.03 bits per heavy atom. The lowest BCUT2D eigenvalue weighted by Gasteiger charge is -2.36. The summed E-state index contributed by atoms with van der Waals surface area (Å²) in [6, 6.07) is 3.16. The highest BCUT2D eigenvalue weighted by molar-refractivity contribution is 7.89. The molecule has 31 heavy (non-hydrogen) atoms. The van der Waals surface area contributed by atoms with E-state index in [4.69, 9.17) is 4.74 Å². The lowest BCUT2D eigenvalue weighted by molar-refractivity contribution is -0.126. The molecule has 0 saturated carbocycles. The first-order valence-corrected chi connectivity index (χ1v) is 11.2. The van der Waals surface area contributed by atoms with Crippen molar-refractivity contribution < 1.29 is 37.0 Å². The molecule has 1 aliphatic rings. The van der Waals surface area contributed by atoms with Gasteiger partial charge in [0.25, 0.3) is 0 Å². The van der Waals surface area contributed by atoms with Crippen LogP contribution in [0.4, 0.5) is 0 Å². The fourth-order valence-electron chi connectivity index (χ4n) is 3.40. The van der Waals surface area contributed by atoms with E-state index in [-0.39, 0.29) is 34.5 Å². The Morgan fingerprint density at radius 3 is 2.13 bits per heavy atom. The van der Waals surface area contributed by atoms with Gasteiger partial charge in [-0.15, -0.1) is 0 Å². The van der Waals surface area contributed by atoms with Crippen molar-refractivity contribution in [3.63, 3.8) is 0 Å². The van der Waals surface area contributed by atoms with Crippen molar-refractivity contribution in [2.75, 3.05) is 41.0 Å². The van der Waals surface area contributed by atoms with E-state index < -0.39 is 27.9 Å². The van der Waals surface area contributed by atoms with Crippen LogP contribution in [0, 0.1) is 5.92 Å². The van der Waals surface area contributed by atoms with Crippen molar-refractivity contribution in [3.05, 3.63) is 29.3 Å². The number of benzene rings is 1. The Labute approximate surface area is 181 Å². The van der Waals surface area contributed by atoms with Gasteiger partial charge in [0.2, 0.25) is 15.9 Å². The molecule has 1 aromatic carbocycles. The van der Waals surface area contributed by atoms with Crippen LogP contribution in [0.1, 0.15) is 40.5 Å². The van der Waals surface area contributed by atoms with E-state index in [1.807, 2.05) is 0 Å². The van der Waals surface area contributed by atoms with Gasteiger partial charge in [-0.25, -0.2) is 18.0 Å². The van der Waals surface area contributed by atoms with Crippen LogP contribution in [0.15, 0.2) is 23.1 Å². The van der Waals surface area contributed by atoms with Gasteiger partial charge >= 0.3 is 11.9 Å². The number of amides is 1. The second-order valence-corrected chi connectivity index (χ2v) is 9.10. The number of ether oxygens (including phenoxy) is 3.